The van der Waals surface area contributed by atoms with Crippen molar-refractivity contribution in [2.24, 2.45) is 5.41 Å². The second-order valence-electron chi connectivity index (χ2n) is 10.2. The fraction of sp³-hybridized carbons (Fsp3) is 0.897. The highest BCUT2D eigenvalue weighted by molar-refractivity contribution is 6.25. The van der Waals surface area contributed by atoms with Crippen LogP contribution in [-0.4, -0.2) is 51.5 Å². The van der Waals surface area contributed by atoms with Gasteiger partial charge in [0.25, 0.3) is 0 Å². The highest BCUT2D eigenvalue weighted by atomic mass is 16.4. The van der Waals surface area contributed by atoms with Gasteiger partial charge >= 0.3 is 0 Å². The molecule has 206 valence electrons. The first-order valence-electron chi connectivity index (χ1n) is 14.4. The van der Waals surface area contributed by atoms with Crippen molar-refractivity contribution in [3.63, 3.8) is 0 Å². The van der Waals surface area contributed by atoms with Gasteiger partial charge in [0.1, 0.15) is 17.6 Å². The van der Waals surface area contributed by atoms with Gasteiger partial charge in [0.2, 0.25) is 0 Å². The van der Waals surface area contributed by atoms with E-state index in [4.69, 9.17) is 0 Å². The average Bonchev–Trinajstić information content (AvgIpc) is 2.85. The summed E-state index contributed by atoms with van der Waals surface area (Å²) in [6.45, 7) is 5.04. The Morgan fingerprint density at radius 1 is 0.600 bits per heavy atom. The molecule has 0 radical (unpaired) electrons. The van der Waals surface area contributed by atoms with E-state index in [2.05, 4.69) is 6.92 Å². The van der Waals surface area contributed by atoms with Gasteiger partial charge in [0, 0.05) is 12.8 Å². The molecule has 0 aliphatic heterocycles. The molecule has 0 saturated carbocycles. The summed E-state index contributed by atoms with van der Waals surface area (Å²) in [6.07, 6.45) is 14.0. The molecule has 0 aromatic heterocycles. The van der Waals surface area contributed by atoms with Gasteiger partial charge in [-0.3, -0.25) is 14.4 Å². The molecule has 2 atom stereocenters. The summed E-state index contributed by atoms with van der Waals surface area (Å²) in [7, 11) is 0. The summed E-state index contributed by atoms with van der Waals surface area (Å²) < 4.78 is 0. The molecule has 6 heteroatoms. The number of aliphatic hydroxyl groups excluding tert-OH is 3. The number of hydrogen-bond donors (Lipinski definition) is 3. The number of carbonyl (C=O) groups excluding carboxylic acids is 3. The van der Waals surface area contributed by atoms with Crippen LogP contribution in [-0.2, 0) is 14.4 Å². The van der Waals surface area contributed by atoms with E-state index in [0.717, 1.165) is 19.3 Å². The molecule has 0 aliphatic carbocycles. The van der Waals surface area contributed by atoms with E-state index in [9.17, 15) is 29.7 Å². The number of ketones is 3. The Morgan fingerprint density at radius 3 is 1.31 bits per heavy atom. The van der Waals surface area contributed by atoms with E-state index in [1.54, 1.807) is 0 Å². The molecule has 0 saturated heterocycles. The van der Waals surface area contributed by atoms with Crippen molar-refractivity contribution in [3.8, 4) is 0 Å². The fourth-order valence-electron chi connectivity index (χ4n) is 4.83. The Kier molecular flexibility index (Phi) is 20.4. The van der Waals surface area contributed by atoms with Gasteiger partial charge in [-0.25, -0.2) is 0 Å². The van der Waals surface area contributed by atoms with Crippen LogP contribution in [0.5, 0.6) is 0 Å². The molecule has 0 amide bonds. The molecule has 0 aromatic carbocycles. The van der Waals surface area contributed by atoms with E-state index < -0.39 is 41.6 Å². The van der Waals surface area contributed by atoms with Crippen LogP contribution in [0, 0.1) is 5.41 Å². The summed E-state index contributed by atoms with van der Waals surface area (Å²) in [4.78, 5) is 39.4. The molecule has 0 rings (SSSR count). The topological polar surface area (TPSA) is 112 Å². The average molecular weight is 499 g/mol. The van der Waals surface area contributed by atoms with Gasteiger partial charge < -0.3 is 15.3 Å². The van der Waals surface area contributed by atoms with Crippen molar-refractivity contribution in [2.45, 2.75) is 155 Å². The van der Waals surface area contributed by atoms with Crippen molar-refractivity contribution in [2.75, 3.05) is 6.61 Å². The third-order valence-corrected chi connectivity index (χ3v) is 7.05. The monoisotopic (exact) mass is 498 g/mol. The lowest BCUT2D eigenvalue weighted by Crippen LogP contribution is -2.54. The maximum Gasteiger partial charge on any atom is 0.184 e. The number of aliphatic hydroxyl groups is 3. The van der Waals surface area contributed by atoms with Crippen LogP contribution in [0.4, 0.5) is 0 Å². The van der Waals surface area contributed by atoms with Crippen LogP contribution in [0.15, 0.2) is 0 Å². The second kappa shape index (κ2) is 21.0. The van der Waals surface area contributed by atoms with E-state index in [0.29, 0.717) is 19.3 Å². The Labute approximate surface area is 214 Å². The molecule has 35 heavy (non-hydrogen) atoms. The van der Waals surface area contributed by atoms with Crippen molar-refractivity contribution in [3.05, 3.63) is 0 Å². The summed E-state index contributed by atoms with van der Waals surface area (Å²) >= 11 is 0. The number of Topliss-reactive ketones (excluding diaryl/α,β-unsaturated/α-hetero) is 3. The SMILES string of the molecule is CCCCCCCCCCCCCCCCC(C(=O)CCC)(C(=O)CCC)C(=O)C(O)C(O)CO. The molecule has 0 heterocycles. The third kappa shape index (κ3) is 12.6. The second-order valence-corrected chi connectivity index (χ2v) is 10.2. The van der Waals surface area contributed by atoms with Gasteiger partial charge in [-0.05, 0) is 19.3 Å². The quantitative estimate of drug-likeness (QED) is 0.107. The van der Waals surface area contributed by atoms with Crippen molar-refractivity contribution >= 4 is 17.3 Å². The molecular weight excluding hydrogens is 444 g/mol. The maximum atomic E-state index is 13.2. The van der Waals surface area contributed by atoms with Crippen molar-refractivity contribution in [1.82, 2.24) is 0 Å². The minimum atomic E-state index is -1.95. The lowest BCUT2D eigenvalue weighted by atomic mass is 9.67. The molecule has 0 spiro atoms. The van der Waals surface area contributed by atoms with Crippen molar-refractivity contribution in [1.29, 1.82) is 0 Å². The summed E-state index contributed by atoms with van der Waals surface area (Å²) in [5, 5.41) is 29.3. The van der Waals surface area contributed by atoms with Gasteiger partial charge in [-0.15, -0.1) is 0 Å². The Morgan fingerprint density at radius 2 is 0.971 bits per heavy atom. The van der Waals surface area contributed by atoms with E-state index in [1.807, 2.05) is 13.8 Å². The number of rotatable bonds is 25. The Bertz CT molecular complexity index is 556. The van der Waals surface area contributed by atoms with Gasteiger partial charge in [-0.1, -0.05) is 111 Å². The number of hydrogen-bond acceptors (Lipinski definition) is 6. The van der Waals surface area contributed by atoms with Crippen LogP contribution in [0.25, 0.3) is 0 Å². The lowest BCUT2D eigenvalue weighted by Gasteiger charge is -2.32. The maximum absolute atomic E-state index is 13.2. The standard InChI is InChI=1S/C29H54O6/c1-4-7-8-9-10-11-12-13-14-15-16-17-18-19-22-29(25(32)20-5-2,26(33)21-6-3)28(35)27(34)24(31)23-30/h24,27,30-31,34H,4-23H2,1-3H3. The molecule has 3 N–H and O–H groups in total. The highest BCUT2D eigenvalue weighted by Crippen LogP contribution is 2.35. The third-order valence-electron chi connectivity index (χ3n) is 7.05. The lowest BCUT2D eigenvalue weighted by molar-refractivity contribution is -0.158. The summed E-state index contributed by atoms with van der Waals surface area (Å²) in [5.74, 6) is -1.89. The predicted octanol–water partition coefficient (Wildman–Crippen LogP) is 5.87. The predicted molar refractivity (Wildman–Crippen MR) is 141 cm³/mol. The van der Waals surface area contributed by atoms with Crippen LogP contribution in [0.1, 0.15) is 143 Å². The molecule has 0 aliphatic rings. The largest absolute Gasteiger partial charge is 0.394 e. The Balaban J connectivity index is 4.72. The highest BCUT2D eigenvalue weighted by Gasteiger charge is 2.52. The zero-order valence-electron chi connectivity index (χ0n) is 22.9. The molecule has 6 nitrogen and oxygen atoms in total. The van der Waals surface area contributed by atoms with Gasteiger partial charge in [0.05, 0.1) is 6.61 Å². The molecule has 0 aromatic rings. The number of unbranched alkanes of at least 4 members (excludes halogenated alkanes) is 13. The fourth-order valence-corrected chi connectivity index (χ4v) is 4.83. The molecule has 0 bridgehead atoms. The number of carbonyl (C=O) groups is 3. The van der Waals surface area contributed by atoms with Gasteiger partial charge in [-0.2, -0.15) is 0 Å². The van der Waals surface area contributed by atoms with Crippen LogP contribution in [0.2, 0.25) is 0 Å². The zero-order chi connectivity index (χ0) is 26.5. The first kappa shape index (κ1) is 33.9. The van der Waals surface area contributed by atoms with E-state index in [1.165, 1.54) is 64.2 Å². The van der Waals surface area contributed by atoms with Crippen molar-refractivity contribution < 1.29 is 29.7 Å². The van der Waals surface area contributed by atoms with Crippen LogP contribution in [0.3, 0.4) is 0 Å². The smallest absolute Gasteiger partial charge is 0.184 e. The summed E-state index contributed by atoms with van der Waals surface area (Å²) in [5.41, 5.74) is -1.92. The van der Waals surface area contributed by atoms with E-state index in [-0.39, 0.29) is 19.3 Å². The van der Waals surface area contributed by atoms with Crippen LogP contribution < -0.4 is 0 Å². The van der Waals surface area contributed by atoms with Gasteiger partial charge in [0.15, 0.2) is 17.3 Å². The minimum absolute atomic E-state index is 0.0662. The summed E-state index contributed by atoms with van der Waals surface area (Å²) in [6, 6.07) is 0. The Hall–Kier alpha value is -1.11. The molecular formula is C29H54O6. The minimum Gasteiger partial charge on any atom is -0.394 e. The normalized spacial score (nSPS) is 13.5. The van der Waals surface area contributed by atoms with Crippen LogP contribution >= 0.6 is 0 Å². The first-order valence-corrected chi connectivity index (χ1v) is 14.4. The van der Waals surface area contributed by atoms with E-state index >= 15 is 0 Å². The molecule has 2 unspecified atom stereocenters. The molecule has 0 fully saturated rings. The first-order chi connectivity index (χ1) is 16.8. The zero-order valence-corrected chi connectivity index (χ0v) is 22.9.